The van der Waals surface area contributed by atoms with E-state index in [9.17, 15) is 0 Å². The van der Waals surface area contributed by atoms with Gasteiger partial charge in [-0.2, -0.15) is 0 Å². The summed E-state index contributed by atoms with van der Waals surface area (Å²) >= 11 is 0. The molecule has 0 spiro atoms. The monoisotopic (exact) mass is 409 g/mol. The van der Waals surface area contributed by atoms with Crippen molar-refractivity contribution in [3.8, 4) is 11.3 Å². The zero-order valence-electron chi connectivity index (χ0n) is 18.5. The number of benzene rings is 2. The number of hydrogen-bond acceptors (Lipinski definition) is 1. The van der Waals surface area contributed by atoms with Crippen LogP contribution in [0.15, 0.2) is 104 Å². The molecule has 3 aromatic rings. The molecule has 1 heterocycles. The van der Waals surface area contributed by atoms with Gasteiger partial charge in [0.05, 0.1) is 5.69 Å². The van der Waals surface area contributed by atoms with Gasteiger partial charge in [0.25, 0.3) is 0 Å². The van der Waals surface area contributed by atoms with Crippen molar-refractivity contribution in [3.63, 3.8) is 0 Å². The zero-order valence-corrected chi connectivity index (χ0v) is 18.5. The van der Waals surface area contributed by atoms with Gasteiger partial charge in [-0.15, -0.1) is 0 Å². The topological polar surface area (TPSA) is 12.9 Å². The summed E-state index contributed by atoms with van der Waals surface area (Å²) in [4.78, 5) is 4.62. The Morgan fingerprint density at radius 1 is 0.871 bits per heavy atom. The average molecular weight is 410 g/mol. The van der Waals surface area contributed by atoms with Gasteiger partial charge < -0.3 is 0 Å². The van der Waals surface area contributed by atoms with E-state index < -0.39 is 0 Å². The van der Waals surface area contributed by atoms with Gasteiger partial charge in [0, 0.05) is 11.3 Å². The van der Waals surface area contributed by atoms with E-state index in [1.165, 1.54) is 11.1 Å². The number of rotatable bonds is 5. The third-order valence-corrected chi connectivity index (χ3v) is 4.58. The Hall–Kier alpha value is -3.45. The molecule has 0 atom stereocenters. The quantitative estimate of drug-likeness (QED) is 0.383. The lowest BCUT2D eigenvalue weighted by atomic mass is 10.0. The molecule has 0 N–H and O–H groups in total. The number of pyridine rings is 1. The number of nitrogens with zero attached hydrogens (tertiary/aromatic N) is 1. The molecule has 1 nitrogen and oxygen atoms in total. The van der Waals surface area contributed by atoms with Crippen LogP contribution in [0.4, 0.5) is 0 Å². The minimum atomic E-state index is 0. The summed E-state index contributed by atoms with van der Waals surface area (Å²) in [5.41, 5.74) is 8.02. The van der Waals surface area contributed by atoms with Crippen molar-refractivity contribution < 1.29 is 0 Å². The van der Waals surface area contributed by atoms with Crippen LogP contribution in [0.3, 0.4) is 0 Å². The van der Waals surface area contributed by atoms with Gasteiger partial charge in [-0.1, -0.05) is 105 Å². The summed E-state index contributed by atoms with van der Waals surface area (Å²) in [7, 11) is 0. The first kappa shape index (κ1) is 25.6. The van der Waals surface area contributed by atoms with Crippen molar-refractivity contribution in [1.82, 2.24) is 4.98 Å². The number of aryl methyl sites for hydroxylation is 2. The maximum absolute atomic E-state index is 4.62. The maximum atomic E-state index is 4.62. The molecule has 0 aliphatic heterocycles. The Kier molecular flexibility index (Phi) is 11.3. The van der Waals surface area contributed by atoms with Gasteiger partial charge in [0.15, 0.2) is 0 Å². The van der Waals surface area contributed by atoms with Crippen molar-refractivity contribution in [2.75, 3.05) is 0 Å². The highest BCUT2D eigenvalue weighted by Crippen LogP contribution is 2.23. The lowest BCUT2D eigenvalue weighted by molar-refractivity contribution is 1.20. The van der Waals surface area contributed by atoms with Crippen LogP contribution in [0.2, 0.25) is 0 Å². The predicted octanol–water partition coefficient (Wildman–Crippen LogP) is 8.87. The summed E-state index contributed by atoms with van der Waals surface area (Å²) in [5.74, 6) is 0. The van der Waals surface area contributed by atoms with Crippen LogP contribution in [0.1, 0.15) is 43.7 Å². The molecule has 160 valence electrons. The molecule has 3 rings (SSSR count). The SMILES string of the molecule is C.C/C=C\c1ccccc1C.C=C/C(=C\C=C/C)c1cc(C)nc(-c2ccccc2)c1. The van der Waals surface area contributed by atoms with E-state index >= 15 is 0 Å². The second kappa shape index (κ2) is 13.7. The molecule has 2 aromatic carbocycles. The molecule has 0 saturated heterocycles. The lowest BCUT2D eigenvalue weighted by Crippen LogP contribution is -1.91. The first-order valence-electron chi connectivity index (χ1n) is 10.3. The van der Waals surface area contributed by atoms with E-state index in [0.717, 1.165) is 28.1 Å². The molecular formula is C30H35N. The van der Waals surface area contributed by atoms with Crippen molar-refractivity contribution in [2.24, 2.45) is 0 Å². The average Bonchev–Trinajstić information content (AvgIpc) is 2.77. The highest BCUT2D eigenvalue weighted by molar-refractivity contribution is 5.77. The largest absolute Gasteiger partial charge is 0.253 e. The molecule has 1 aromatic heterocycles. The van der Waals surface area contributed by atoms with Crippen LogP contribution in [0.5, 0.6) is 0 Å². The number of hydrogen-bond donors (Lipinski definition) is 0. The normalized spacial score (nSPS) is 11.0. The Bertz CT molecular complexity index is 1040. The molecule has 0 fully saturated rings. The van der Waals surface area contributed by atoms with E-state index in [2.05, 4.69) is 85.2 Å². The minimum Gasteiger partial charge on any atom is -0.253 e. The van der Waals surface area contributed by atoms with Crippen molar-refractivity contribution in [2.45, 2.75) is 35.1 Å². The fourth-order valence-corrected chi connectivity index (χ4v) is 3.03. The number of aromatic nitrogens is 1. The van der Waals surface area contributed by atoms with E-state index in [4.69, 9.17) is 0 Å². The van der Waals surface area contributed by atoms with Crippen LogP contribution in [0.25, 0.3) is 22.9 Å². The fraction of sp³-hybridized carbons (Fsp3) is 0.167. The Morgan fingerprint density at radius 2 is 1.55 bits per heavy atom. The second-order valence-electron chi connectivity index (χ2n) is 6.96. The zero-order chi connectivity index (χ0) is 21.8. The Morgan fingerprint density at radius 3 is 2.16 bits per heavy atom. The summed E-state index contributed by atoms with van der Waals surface area (Å²) in [5, 5.41) is 0. The lowest BCUT2D eigenvalue weighted by Gasteiger charge is -2.08. The molecule has 0 amide bonds. The van der Waals surface area contributed by atoms with Crippen molar-refractivity contribution in [1.29, 1.82) is 0 Å². The van der Waals surface area contributed by atoms with Gasteiger partial charge in [0.1, 0.15) is 0 Å². The molecule has 0 bridgehead atoms. The fourth-order valence-electron chi connectivity index (χ4n) is 3.03. The van der Waals surface area contributed by atoms with Crippen LogP contribution in [0, 0.1) is 13.8 Å². The van der Waals surface area contributed by atoms with Crippen LogP contribution >= 0.6 is 0 Å². The molecular weight excluding hydrogens is 374 g/mol. The van der Waals surface area contributed by atoms with Crippen molar-refractivity contribution >= 4 is 11.6 Å². The molecule has 0 radical (unpaired) electrons. The third kappa shape index (κ3) is 8.06. The highest BCUT2D eigenvalue weighted by atomic mass is 14.7. The molecule has 1 heteroatoms. The molecule has 0 unspecified atom stereocenters. The maximum Gasteiger partial charge on any atom is 0.0711 e. The smallest absolute Gasteiger partial charge is 0.0711 e. The summed E-state index contributed by atoms with van der Waals surface area (Å²) < 4.78 is 0. The van der Waals surface area contributed by atoms with E-state index in [-0.39, 0.29) is 7.43 Å². The summed E-state index contributed by atoms with van der Waals surface area (Å²) in [6, 6.07) is 22.8. The van der Waals surface area contributed by atoms with E-state index in [1.54, 1.807) is 0 Å². The van der Waals surface area contributed by atoms with Gasteiger partial charge in [-0.3, -0.25) is 4.98 Å². The highest BCUT2D eigenvalue weighted by Gasteiger charge is 2.04. The minimum absolute atomic E-state index is 0. The first-order valence-corrected chi connectivity index (χ1v) is 10.3. The van der Waals surface area contributed by atoms with Crippen LogP contribution in [-0.2, 0) is 0 Å². The van der Waals surface area contributed by atoms with Gasteiger partial charge >= 0.3 is 0 Å². The van der Waals surface area contributed by atoms with Gasteiger partial charge in [-0.25, -0.2) is 0 Å². The Balaban J connectivity index is 0.000000370. The van der Waals surface area contributed by atoms with Crippen molar-refractivity contribution in [3.05, 3.63) is 126 Å². The second-order valence-corrected chi connectivity index (χ2v) is 6.96. The van der Waals surface area contributed by atoms with E-state index in [1.807, 2.05) is 57.2 Å². The Labute approximate surface area is 189 Å². The molecule has 0 aliphatic rings. The number of allylic oxidation sites excluding steroid dienone is 6. The molecule has 31 heavy (non-hydrogen) atoms. The summed E-state index contributed by atoms with van der Waals surface area (Å²) in [6.07, 6.45) is 12.2. The van der Waals surface area contributed by atoms with Crippen LogP contribution < -0.4 is 0 Å². The van der Waals surface area contributed by atoms with E-state index in [0.29, 0.717) is 0 Å². The molecule has 0 aliphatic carbocycles. The third-order valence-electron chi connectivity index (χ3n) is 4.58. The van der Waals surface area contributed by atoms with Gasteiger partial charge in [0.2, 0.25) is 0 Å². The first-order chi connectivity index (χ1) is 14.6. The summed E-state index contributed by atoms with van der Waals surface area (Å²) in [6.45, 7) is 12.1. The molecule has 0 saturated carbocycles. The van der Waals surface area contributed by atoms with Crippen LogP contribution in [-0.4, -0.2) is 4.98 Å². The predicted molar refractivity (Wildman–Crippen MR) is 140 cm³/mol. The van der Waals surface area contributed by atoms with Gasteiger partial charge in [-0.05, 0) is 62.1 Å². The standard InChI is InChI=1S/C19H19N.C10H12.CH4/c1-4-6-10-16(5-2)18-13-15(3)20-19(14-18)17-11-8-7-9-12-17;1-3-6-10-8-5-4-7-9(10)2;/h4-14H,2H2,1,3H3;3-8H,1-2H3;1H4/b6-4-,16-10+;6-3-;.